The van der Waals surface area contributed by atoms with Gasteiger partial charge in [-0.1, -0.05) is 28.9 Å². The quantitative estimate of drug-likeness (QED) is 0.526. The van der Waals surface area contributed by atoms with Gasteiger partial charge in [-0.2, -0.15) is 4.98 Å². The van der Waals surface area contributed by atoms with Crippen molar-refractivity contribution in [2.24, 2.45) is 0 Å². The Bertz CT molecular complexity index is 1020. The minimum atomic E-state index is -0.585. The molecule has 1 saturated carbocycles. The van der Waals surface area contributed by atoms with E-state index in [9.17, 15) is 14.3 Å². The molecule has 3 aromatic rings. The average Bonchev–Trinajstić information content (AvgIpc) is 3.38. The Labute approximate surface area is 177 Å². The van der Waals surface area contributed by atoms with E-state index in [2.05, 4.69) is 20.8 Å². The molecule has 2 aromatic carbocycles. The van der Waals surface area contributed by atoms with E-state index in [1.807, 2.05) is 12.1 Å². The number of aromatic nitrogens is 2. The summed E-state index contributed by atoms with van der Waals surface area (Å²) in [4.78, 5) is 17.0. The molecule has 30 heavy (non-hydrogen) atoms. The molecule has 9 heteroatoms. The fourth-order valence-electron chi connectivity index (χ4n) is 3.10. The molecule has 4 rings (SSSR count). The fraction of sp³-hybridized carbons (Fsp3) is 0.286. The van der Waals surface area contributed by atoms with E-state index in [1.54, 1.807) is 12.1 Å². The van der Waals surface area contributed by atoms with E-state index in [-0.39, 0.29) is 6.61 Å². The second-order valence-electron chi connectivity index (χ2n) is 7.38. The van der Waals surface area contributed by atoms with E-state index in [0.717, 1.165) is 18.4 Å². The Balaban J connectivity index is 1.53. The summed E-state index contributed by atoms with van der Waals surface area (Å²) in [6.45, 7) is -0.0605. The molecule has 1 aliphatic rings. The molecule has 1 heterocycles. The van der Waals surface area contributed by atoms with Gasteiger partial charge in [-0.05, 0) is 54.8 Å². The van der Waals surface area contributed by atoms with Gasteiger partial charge in [0.2, 0.25) is 5.89 Å². The van der Waals surface area contributed by atoms with Gasteiger partial charge >= 0.3 is 6.03 Å². The highest BCUT2D eigenvalue weighted by Crippen LogP contribution is 2.47. The number of amides is 2. The normalized spacial score (nSPS) is 15.4. The largest absolute Gasteiger partial charge is 0.395 e. The van der Waals surface area contributed by atoms with Crippen LogP contribution in [0.4, 0.5) is 14.9 Å². The van der Waals surface area contributed by atoms with Gasteiger partial charge in [0.1, 0.15) is 5.82 Å². The molecule has 156 valence electrons. The molecule has 2 amide bonds. The Kier molecular flexibility index (Phi) is 5.69. The SMILES string of the molecule is O=C(Nc1ccc(F)cc1)N[C@@H](Cc1ccc(Cl)cc1)c1noc(C2(CO)CC2)n1. The number of carbonyl (C=O) groups excluding carboxylic acids is 1. The third kappa shape index (κ3) is 4.60. The highest BCUT2D eigenvalue weighted by molar-refractivity contribution is 6.30. The van der Waals surface area contributed by atoms with E-state index < -0.39 is 23.3 Å². The summed E-state index contributed by atoms with van der Waals surface area (Å²) in [5, 5.41) is 19.8. The molecule has 1 aromatic heterocycles. The first-order valence-electron chi connectivity index (χ1n) is 9.50. The van der Waals surface area contributed by atoms with Crippen molar-refractivity contribution in [3.8, 4) is 0 Å². The van der Waals surface area contributed by atoms with Gasteiger partial charge in [-0.25, -0.2) is 9.18 Å². The van der Waals surface area contributed by atoms with Crippen LogP contribution < -0.4 is 10.6 Å². The third-order valence-corrected chi connectivity index (χ3v) is 5.38. The molecular weight excluding hydrogens is 411 g/mol. The Morgan fingerprint density at radius 3 is 2.53 bits per heavy atom. The lowest BCUT2D eigenvalue weighted by Crippen LogP contribution is -2.34. The zero-order valence-electron chi connectivity index (χ0n) is 15.9. The molecule has 1 atom stereocenters. The number of hydrogen-bond donors (Lipinski definition) is 3. The third-order valence-electron chi connectivity index (χ3n) is 5.12. The number of nitrogens with one attached hydrogen (secondary N) is 2. The van der Waals surface area contributed by atoms with Crippen LogP contribution in [-0.4, -0.2) is 27.9 Å². The summed E-state index contributed by atoms with van der Waals surface area (Å²) in [7, 11) is 0. The number of urea groups is 1. The van der Waals surface area contributed by atoms with Crippen molar-refractivity contribution in [3.63, 3.8) is 0 Å². The van der Waals surface area contributed by atoms with Crippen LogP contribution in [0.25, 0.3) is 0 Å². The van der Waals surface area contributed by atoms with Crippen LogP contribution in [0, 0.1) is 5.82 Å². The zero-order chi connectivity index (χ0) is 21.1. The van der Waals surface area contributed by atoms with E-state index in [4.69, 9.17) is 16.1 Å². The van der Waals surface area contributed by atoms with Crippen molar-refractivity contribution in [2.45, 2.75) is 30.7 Å². The van der Waals surface area contributed by atoms with Gasteiger partial charge in [0.15, 0.2) is 5.82 Å². The van der Waals surface area contributed by atoms with Gasteiger partial charge < -0.3 is 20.3 Å². The average molecular weight is 431 g/mol. The van der Waals surface area contributed by atoms with Crippen LogP contribution in [-0.2, 0) is 11.8 Å². The minimum absolute atomic E-state index is 0.0605. The lowest BCUT2D eigenvalue weighted by molar-refractivity contribution is 0.221. The van der Waals surface area contributed by atoms with Crippen molar-refractivity contribution in [1.82, 2.24) is 15.5 Å². The second-order valence-corrected chi connectivity index (χ2v) is 7.82. The highest BCUT2D eigenvalue weighted by Gasteiger charge is 2.49. The number of nitrogens with zero attached hydrogens (tertiary/aromatic N) is 2. The first-order chi connectivity index (χ1) is 14.5. The lowest BCUT2D eigenvalue weighted by atomic mass is 10.1. The Hall–Kier alpha value is -2.97. The van der Waals surface area contributed by atoms with Crippen LogP contribution >= 0.6 is 11.6 Å². The number of aliphatic hydroxyl groups is 1. The van der Waals surface area contributed by atoms with Crippen LogP contribution in [0.5, 0.6) is 0 Å². The second kappa shape index (κ2) is 8.41. The summed E-state index contributed by atoms with van der Waals surface area (Å²) < 4.78 is 18.5. The molecule has 0 unspecified atom stereocenters. The number of benzene rings is 2. The smallest absolute Gasteiger partial charge is 0.319 e. The molecule has 0 saturated heterocycles. The summed E-state index contributed by atoms with van der Waals surface area (Å²) in [5.41, 5.74) is 0.901. The highest BCUT2D eigenvalue weighted by atomic mass is 35.5. The standard InChI is InChI=1S/C21H20ClFN4O3/c22-14-3-1-13(2-4-14)11-17(18-26-19(30-27-18)21(12-28)9-10-21)25-20(29)24-16-7-5-15(23)6-8-16/h1-8,17,28H,9-12H2,(H2,24,25,29)/t17-/m0/s1. The topological polar surface area (TPSA) is 100 Å². The molecule has 3 N–H and O–H groups in total. The lowest BCUT2D eigenvalue weighted by Gasteiger charge is -2.16. The molecule has 0 spiro atoms. The van der Waals surface area contributed by atoms with Crippen molar-refractivity contribution in [1.29, 1.82) is 0 Å². The maximum Gasteiger partial charge on any atom is 0.319 e. The predicted octanol–water partition coefficient (Wildman–Crippen LogP) is 3.99. The van der Waals surface area contributed by atoms with Gasteiger partial charge in [0, 0.05) is 17.1 Å². The van der Waals surface area contributed by atoms with Crippen molar-refractivity contribution in [2.75, 3.05) is 11.9 Å². The maximum atomic E-state index is 13.1. The van der Waals surface area contributed by atoms with Gasteiger partial charge in [-0.15, -0.1) is 0 Å². The zero-order valence-corrected chi connectivity index (χ0v) is 16.7. The molecule has 1 fully saturated rings. The number of anilines is 1. The number of carbonyl (C=O) groups is 1. The van der Waals surface area contributed by atoms with Crippen LogP contribution in [0.15, 0.2) is 53.1 Å². The fourth-order valence-corrected chi connectivity index (χ4v) is 3.23. The summed E-state index contributed by atoms with van der Waals surface area (Å²) in [6.07, 6.45) is 1.97. The van der Waals surface area contributed by atoms with E-state index in [1.165, 1.54) is 24.3 Å². The molecule has 1 aliphatic carbocycles. The monoisotopic (exact) mass is 430 g/mol. The van der Waals surface area contributed by atoms with Gasteiger partial charge in [0.25, 0.3) is 0 Å². The number of halogens is 2. The van der Waals surface area contributed by atoms with E-state index >= 15 is 0 Å². The summed E-state index contributed by atoms with van der Waals surface area (Å²) in [5.74, 6) is 0.301. The predicted molar refractivity (Wildman–Crippen MR) is 109 cm³/mol. The molecule has 0 radical (unpaired) electrons. The number of hydrogen-bond acceptors (Lipinski definition) is 5. The number of aliphatic hydroxyl groups excluding tert-OH is 1. The molecule has 7 nitrogen and oxygen atoms in total. The Morgan fingerprint density at radius 2 is 1.90 bits per heavy atom. The molecular formula is C21H20ClFN4O3. The molecule has 0 aliphatic heterocycles. The van der Waals surface area contributed by atoms with Crippen LogP contribution in [0.3, 0.4) is 0 Å². The first-order valence-corrected chi connectivity index (χ1v) is 9.88. The van der Waals surface area contributed by atoms with Gasteiger partial charge in [-0.3, -0.25) is 0 Å². The summed E-state index contributed by atoms with van der Waals surface area (Å²) in [6, 6.07) is 11.6. The molecule has 0 bridgehead atoms. The maximum absolute atomic E-state index is 13.1. The van der Waals surface area contributed by atoms with Crippen molar-refractivity contribution < 1.29 is 18.8 Å². The van der Waals surface area contributed by atoms with Crippen LogP contribution in [0.2, 0.25) is 5.02 Å². The minimum Gasteiger partial charge on any atom is -0.395 e. The van der Waals surface area contributed by atoms with Crippen LogP contribution in [0.1, 0.15) is 36.2 Å². The van der Waals surface area contributed by atoms with Gasteiger partial charge in [0.05, 0.1) is 18.1 Å². The Morgan fingerprint density at radius 1 is 1.20 bits per heavy atom. The van der Waals surface area contributed by atoms with Crippen molar-refractivity contribution >= 4 is 23.3 Å². The summed E-state index contributed by atoms with van der Waals surface area (Å²) >= 11 is 5.96. The van der Waals surface area contributed by atoms with Crippen molar-refractivity contribution in [3.05, 3.63) is 76.6 Å². The number of rotatable bonds is 7. The first kappa shape index (κ1) is 20.3. The van der Waals surface area contributed by atoms with E-state index in [0.29, 0.717) is 28.8 Å².